The van der Waals surface area contributed by atoms with Crippen molar-refractivity contribution < 1.29 is 18.7 Å². The summed E-state index contributed by atoms with van der Waals surface area (Å²) in [4.78, 5) is 25.0. The molecule has 0 N–H and O–H groups in total. The maximum absolute atomic E-state index is 15.3. The lowest BCUT2D eigenvalue weighted by atomic mass is 9.47. The van der Waals surface area contributed by atoms with Gasteiger partial charge in [-0.3, -0.25) is 9.59 Å². The standard InChI is InChI=1S/C24H31FO3/c1-5-28-24(13(2)26)9-7-16-14-11-20(25)19-12-21(27)15-10-18(15)23(19,4)17(14)6-8-22(16,24)3/h11-12,14-18H,5-10H2,1-4H3/t14-,15-,16-,17+,18+,22-,23+,24-/m0/s1. The molecule has 152 valence electrons. The van der Waals surface area contributed by atoms with Gasteiger partial charge in [0, 0.05) is 23.4 Å². The van der Waals surface area contributed by atoms with Crippen LogP contribution in [-0.2, 0) is 14.3 Å². The number of hydrogen-bond acceptors (Lipinski definition) is 3. The highest BCUT2D eigenvalue weighted by Gasteiger charge is 2.69. The molecule has 5 rings (SSSR count). The molecule has 28 heavy (non-hydrogen) atoms. The number of ketones is 2. The predicted octanol–water partition coefficient (Wildman–Crippen LogP) is 4.81. The number of allylic oxidation sites excluding steroid dienone is 4. The van der Waals surface area contributed by atoms with Crippen molar-refractivity contribution in [1.29, 1.82) is 0 Å². The fraction of sp³-hybridized carbons (Fsp3) is 0.750. The molecule has 0 aromatic heterocycles. The van der Waals surface area contributed by atoms with E-state index in [1.807, 2.05) is 6.92 Å². The molecule has 3 saturated carbocycles. The molecule has 5 aliphatic carbocycles. The second kappa shape index (κ2) is 5.65. The summed E-state index contributed by atoms with van der Waals surface area (Å²) >= 11 is 0. The normalized spacial score (nSPS) is 51.3. The van der Waals surface area contributed by atoms with Gasteiger partial charge in [0.25, 0.3) is 0 Å². The first-order valence-electron chi connectivity index (χ1n) is 11.0. The molecule has 0 bridgehead atoms. The van der Waals surface area contributed by atoms with Crippen LogP contribution >= 0.6 is 0 Å². The maximum Gasteiger partial charge on any atom is 0.162 e. The zero-order chi connectivity index (χ0) is 20.1. The molecular formula is C24H31FO3. The molecule has 0 saturated heterocycles. The lowest BCUT2D eigenvalue weighted by Crippen LogP contribution is -2.58. The summed E-state index contributed by atoms with van der Waals surface area (Å²) in [6.07, 6.45) is 7.86. The number of carbonyl (C=O) groups is 2. The summed E-state index contributed by atoms with van der Waals surface area (Å²) in [5, 5.41) is 0. The van der Waals surface area contributed by atoms with E-state index in [0.717, 1.165) is 32.1 Å². The first kappa shape index (κ1) is 18.7. The van der Waals surface area contributed by atoms with Gasteiger partial charge in [0.05, 0.1) is 0 Å². The Labute approximate surface area is 166 Å². The summed E-state index contributed by atoms with van der Waals surface area (Å²) in [7, 11) is 0. The molecule has 4 heteroatoms. The number of ether oxygens (including phenoxy) is 1. The Bertz CT molecular complexity index is 828. The van der Waals surface area contributed by atoms with Gasteiger partial charge in [0.15, 0.2) is 11.6 Å². The van der Waals surface area contributed by atoms with Crippen molar-refractivity contribution in [1.82, 2.24) is 0 Å². The largest absolute Gasteiger partial charge is 0.367 e. The maximum atomic E-state index is 15.3. The predicted molar refractivity (Wildman–Crippen MR) is 104 cm³/mol. The van der Waals surface area contributed by atoms with E-state index in [1.54, 1.807) is 19.1 Å². The molecule has 0 aliphatic heterocycles. The van der Waals surface area contributed by atoms with Crippen molar-refractivity contribution in [2.75, 3.05) is 6.61 Å². The Balaban J connectivity index is 1.60. The minimum absolute atomic E-state index is 0.108. The lowest BCUT2D eigenvalue weighted by molar-refractivity contribution is -0.171. The number of Topliss-reactive ketones (excluding diaryl/α,β-unsaturated/α-hetero) is 1. The lowest BCUT2D eigenvalue weighted by Gasteiger charge is -2.57. The Morgan fingerprint density at radius 1 is 1.21 bits per heavy atom. The Hall–Kier alpha value is -1.29. The van der Waals surface area contributed by atoms with Crippen LogP contribution in [0.25, 0.3) is 0 Å². The van der Waals surface area contributed by atoms with E-state index >= 15 is 4.39 Å². The van der Waals surface area contributed by atoms with Crippen molar-refractivity contribution in [3.05, 3.63) is 23.6 Å². The number of hydrogen-bond donors (Lipinski definition) is 0. The van der Waals surface area contributed by atoms with Crippen molar-refractivity contribution in [2.45, 2.75) is 65.4 Å². The van der Waals surface area contributed by atoms with Crippen molar-refractivity contribution in [2.24, 2.45) is 40.4 Å². The van der Waals surface area contributed by atoms with E-state index in [4.69, 9.17) is 4.74 Å². The molecule has 8 atom stereocenters. The number of rotatable bonds is 3. The Morgan fingerprint density at radius 2 is 1.93 bits per heavy atom. The SMILES string of the molecule is CCO[C@]1(C(C)=O)CC[C@H]2[C@@H]3C=C(F)C4=CC(=O)[C@H]5C[C@H]5[C@@]4(C)[C@@H]3CC[C@@]21C. The number of fused-ring (bicyclic) bond motifs is 7. The second-order valence-corrected chi connectivity index (χ2v) is 10.3. The van der Waals surface area contributed by atoms with E-state index in [0.29, 0.717) is 24.0 Å². The van der Waals surface area contributed by atoms with Crippen LogP contribution in [0.15, 0.2) is 23.6 Å². The average molecular weight is 387 g/mol. The zero-order valence-electron chi connectivity index (χ0n) is 17.4. The zero-order valence-corrected chi connectivity index (χ0v) is 17.4. The van der Waals surface area contributed by atoms with Gasteiger partial charge in [-0.25, -0.2) is 4.39 Å². The van der Waals surface area contributed by atoms with Crippen LogP contribution in [-0.4, -0.2) is 23.8 Å². The molecule has 0 aromatic rings. The Morgan fingerprint density at radius 3 is 2.61 bits per heavy atom. The van der Waals surface area contributed by atoms with Crippen LogP contribution in [0.2, 0.25) is 0 Å². The summed E-state index contributed by atoms with van der Waals surface area (Å²) in [5.74, 6) is 1.17. The van der Waals surface area contributed by atoms with E-state index in [-0.39, 0.29) is 46.0 Å². The van der Waals surface area contributed by atoms with E-state index in [9.17, 15) is 9.59 Å². The highest BCUT2D eigenvalue weighted by atomic mass is 19.1. The quantitative estimate of drug-likeness (QED) is 0.699. The fourth-order valence-electron chi connectivity index (χ4n) is 8.13. The van der Waals surface area contributed by atoms with E-state index < -0.39 is 5.60 Å². The smallest absolute Gasteiger partial charge is 0.162 e. The summed E-state index contributed by atoms with van der Waals surface area (Å²) < 4.78 is 21.5. The molecule has 3 fully saturated rings. The molecule has 0 aromatic carbocycles. The molecule has 5 aliphatic rings. The molecule has 0 heterocycles. The minimum atomic E-state index is -0.733. The van der Waals surface area contributed by atoms with Gasteiger partial charge < -0.3 is 4.74 Å². The number of carbonyl (C=O) groups excluding carboxylic acids is 2. The summed E-state index contributed by atoms with van der Waals surface area (Å²) in [6, 6.07) is 0. The molecule has 3 nitrogen and oxygen atoms in total. The van der Waals surface area contributed by atoms with Gasteiger partial charge in [-0.2, -0.15) is 0 Å². The third-order valence-electron chi connectivity index (χ3n) is 9.57. The monoisotopic (exact) mass is 386 g/mol. The third-order valence-corrected chi connectivity index (χ3v) is 9.57. The average Bonchev–Trinajstić information content (AvgIpc) is 3.39. The summed E-state index contributed by atoms with van der Waals surface area (Å²) in [6.45, 7) is 8.56. The van der Waals surface area contributed by atoms with Crippen LogP contribution < -0.4 is 0 Å². The van der Waals surface area contributed by atoms with Crippen LogP contribution in [0.3, 0.4) is 0 Å². The second-order valence-electron chi connectivity index (χ2n) is 10.3. The van der Waals surface area contributed by atoms with Gasteiger partial charge in [-0.05, 0) is 87.3 Å². The minimum Gasteiger partial charge on any atom is -0.367 e. The molecule has 0 radical (unpaired) electrons. The van der Waals surface area contributed by atoms with Crippen LogP contribution in [0.5, 0.6) is 0 Å². The van der Waals surface area contributed by atoms with Gasteiger partial charge in [-0.15, -0.1) is 0 Å². The van der Waals surface area contributed by atoms with Gasteiger partial charge >= 0.3 is 0 Å². The highest BCUT2D eigenvalue weighted by Crippen LogP contribution is 2.72. The van der Waals surface area contributed by atoms with E-state index in [2.05, 4.69) is 13.8 Å². The topological polar surface area (TPSA) is 43.4 Å². The molecular weight excluding hydrogens is 355 g/mol. The van der Waals surface area contributed by atoms with Crippen LogP contribution in [0.4, 0.5) is 4.39 Å². The van der Waals surface area contributed by atoms with Crippen LogP contribution in [0.1, 0.15) is 59.8 Å². The first-order chi connectivity index (χ1) is 13.2. The van der Waals surface area contributed by atoms with Crippen LogP contribution in [0, 0.1) is 40.4 Å². The molecule has 0 spiro atoms. The molecule has 0 amide bonds. The number of halogens is 1. The third kappa shape index (κ3) is 1.98. The van der Waals surface area contributed by atoms with Crippen molar-refractivity contribution in [3.8, 4) is 0 Å². The van der Waals surface area contributed by atoms with Gasteiger partial charge in [0.1, 0.15) is 11.4 Å². The highest BCUT2D eigenvalue weighted by molar-refractivity contribution is 5.97. The summed E-state index contributed by atoms with van der Waals surface area (Å²) in [5.41, 5.74) is -0.570. The first-order valence-corrected chi connectivity index (χ1v) is 11.0. The van der Waals surface area contributed by atoms with Gasteiger partial charge in [0.2, 0.25) is 0 Å². The van der Waals surface area contributed by atoms with Crippen molar-refractivity contribution in [3.63, 3.8) is 0 Å². The van der Waals surface area contributed by atoms with Crippen molar-refractivity contribution >= 4 is 11.6 Å². The van der Waals surface area contributed by atoms with E-state index in [1.165, 1.54) is 0 Å². The van der Waals surface area contributed by atoms with Gasteiger partial charge in [-0.1, -0.05) is 13.8 Å². The fourth-order valence-corrected chi connectivity index (χ4v) is 8.13. The Kier molecular flexibility index (Phi) is 3.78. The molecule has 0 unspecified atom stereocenters.